The zero-order valence-electron chi connectivity index (χ0n) is 16.0. The van der Waals surface area contributed by atoms with Crippen LogP contribution in [0.2, 0.25) is 0 Å². The number of aromatic amines is 1. The molecule has 0 amide bonds. The van der Waals surface area contributed by atoms with Crippen LogP contribution >= 0.6 is 0 Å². The van der Waals surface area contributed by atoms with Gasteiger partial charge in [-0.3, -0.25) is 14.9 Å². The highest BCUT2D eigenvalue weighted by molar-refractivity contribution is 6.14. The van der Waals surface area contributed by atoms with Crippen LogP contribution < -0.4 is 4.90 Å². The second kappa shape index (κ2) is 8.03. The van der Waals surface area contributed by atoms with E-state index >= 15 is 0 Å². The van der Waals surface area contributed by atoms with Gasteiger partial charge >= 0.3 is 5.97 Å². The molecule has 1 N–H and O–H groups in total. The van der Waals surface area contributed by atoms with Crippen LogP contribution in [0.4, 0.5) is 11.5 Å². The summed E-state index contributed by atoms with van der Waals surface area (Å²) in [5.74, 6) is -0.440. The molecule has 27 heavy (non-hydrogen) atoms. The van der Waals surface area contributed by atoms with Crippen molar-refractivity contribution in [2.75, 3.05) is 12.0 Å². The molecule has 0 unspecified atom stereocenters. The average Bonchev–Trinajstić information content (AvgIpc) is 3.04. The number of ether oxygens (including phenoxy) is 1. The lowest BCUT2D eigenvalue weighted by Gasteiger charge is -2.31. The molecule has 2 aromatic rings. The SMILES string of the molecule is COC(=O)c1cc(N(C(C)C)C(C)C)[nH]c1C(=O)c1ccc([N+](=O)[O-])cc1. The van der Waals surface area contributed by atoms with Crippen molar-refractivity contribution < 1.29 is 19.2 Å². The molecule has 0 aliphatic rings. The van der Waals surface area contributed by atoms with Crippen molar-refractivity contribution in [2.24, 2.45) is 0 Å². The van der Waals surface area contributed by atoms with E-state index in [9.17, 15) is 19.7 Å². The van der Waals surface area contributed by atoms with Crippen LogP contribution in [-0.2, 0) is 4.74 Å². The summed E-state index contributed by atoms with van der Waals surface area (Å²) in [5, 5.41) is 10.8. The minimum absolute atomic E-state index is 0.0944. The van der Waals surface area contributed by atoms with Crippen molar-refractivity contribution in [1.82, 2.24) is 4.98 Å². The van der Waals surface area contributed by atoms with Crippen LogP contribution in [0.5, 0.6) is 0 Å². The lowest BCUT2D eigenvalue weighted by Crippen LogP contribution is -2.37. The Bertz CT molecular complexity index is 845. The van der Waals surface area contributed by atoms with Gasteiger partial charge in [-0.2, -0.15) is 0 Å². The van der Waals surface area contributed by atoms with Crippen molar-refractivity contribution in [2.45, 2.75) is 39.8 Å². The fourth-order valence-electron chi connectivity index (χ4n) is 3.06. The molecule has 0 spiro atoms. The van der Waals surface area contributed by atoms with Crippen LogP contribution in [0.15, 0.2) is 30.3 Å². The summed E-state index contributed by atoms with van der Waals surface area (Å²) >= 11 is 0. The second-order valence-electron chi connectivity index (χ2n) is 6.66. The number of ketones is 1. The first kappa shape index (κ1) is 20.2. The maximum atomic E-state index is 12.9. The molecular formula is C19H23N3O5. The summed E-state index contributed by atoms with van der Waals surface area (Å²) < 4.78 is 4.81. The first-order chi connectivity index (χ1) is 12.7. The smallest absolute Gasteiger partial charge is 0.340 e. The monoisotopic (exact) mass is 373 g/mol. The van der Waals surface area contributed by atoms with Gasteiger partial charge in [-0.05, 0) is 45.9 Å². The molecule has 0 bridgehead atoms. The number of H-pyrrole nitrogens is 1. The van der Waals surface area contributed by atoms with Gasteiger partial charge in [0, 0.05) is 29.8 Å². The first-order valence-electron chi connectivity index (χ1n) is 8.56. The highest BCUT2D eigenvalue weighted by atomic mass is 16.6. The number of nitro groups is 1. The summed E-state index contributed by atoms with van der Waals surface area (Å²) in [7, 11) is 1.25. The minimum atomic E-state index is -0.629. The minimum Gasteiger partial charge on any atom is -0.465 e. The van der Waals surface area contributed by atoms with Crippen LogP contribution in [0.1, 0.15) is 54.1 Å². The number of hydrogen-bond acceptors (Lipinski definition) is 6. The van der Waals surface area contributed by atoms with Crippen molar-refractivity contribution in [3.05, 3.63) is 57.3 Å². The van der Waals surface area contributed by atoms with Crippen LogP contribution in [0.25, 0.3) is 0 Å². The number of carbonyl (C=O) groups excluding carboxylic acids is 2. The summed E-state index contributed by atoms with van der Waals surface area (Å²) in [6.07, 6.45) is 0. The van der Waals surface area contributed by atoms with Gasteiger partial charge in [0.05, 0.1) is 17.6 Å². The van der Waals surface area contributed by atoms with E-state index in [-0.39, 0.29) is 34.6 Å². The Balaban J connectivity index is 2.51. The highest BCUT2D eigenvalue weighted by Crippen LogP contribution is 2.26. The average molecular weight is 373 g/mol. The summed E-state index contributed by atoms with van der Waals surface area (Å²) in [4.78, 5) is 40.4. The normalized spacial score (nSPS) is 10.9. The number of nitro benzene ring substituents is 1. The summed E-state index contributed by atoms with van der Waals surface area (Å²) in [5.41, 5.74) is 0.344. The lowest BCUT2D eigenvalue weighted by molar-refractivity contribution is -0.384. The van der Waals surface area contributed by atoms with Gasteiger partial charge in [0.2, 0.25) is 5.78 Å². The maximum Gasteiger partial charge on any atom is 0.340 e. The Morgan fingerprint density at radius 3 is 2.11 bits per heavy atom. The van der Waals surface area contributed by atoms with E-state index in [1.807, 2.05) is 32.6 Å². The number of rotatable bonds is 7. The molecule has 0 radical (unpaired) electrons. The molecule has 0 aliphatic carbocycles. The Morgan fingerprint density at radius 2 is 1.67 bits per heavy atom. The molecule has 0 fully saturated rings. The van der Waals surface area contributed by atoms with Crippen LogP contribution in [0, 0.1) is 10.1 Å². The van der Waals surface area contributed by atoms with Gasteiger partial charge in [0.15, 0.2) is 0 Å². The third-order valence-electron chi connectivity index (χ3n) is 4.17. The number of aromatic nitrogens is 1. The van der Waals surface area contributed by atoms with E-state index in [1.54, 1.807) is 6.07 Å². The van der Waals surface area contributed by atoms with Crippen molar-refractivity contribution >= 4 is 23.3 Å². The zero-order valence-corrected chi connectivity index (χ0v) is 16.0. The van der Waals surface area contributed by atoms with E-state index in [0.29, 0.717) is 5.82 Å². The van der Waals surface area contributed by atoms with Gasteiger partial charge < -0.3 is 14.6 Å². The van der Waals surface area contributed by atoms with E-state index in [4.69, 9.17) is 4.74 Å². The van der Waals surface area contributed by atoms with E-state index in [1.165, 1.54) is 31.4 Å². The quantitative estimate of drug-likeness (QED) is 0.344. The second-order valence-corrected chi connectivity index (χ2v) is 6.66. The predicted octanol–water partition coefficient (Wildman–Crippen LogP) is 3.56. The van der Waals surface area contributed by atoms with E-state index in [0.717, 1.165) is 0 Å². The summed E-state index contributed by atoms with van der Waals surface area (Å²) in [6, 6.07) is 7.11. The molecule has 1 aromatic heterocycles. The largest absolute Gasteiger partial charge is 0.465 e. The van der Waals surface area contributed by atoms with Crippen molar-refractivity contribution in [3.63, 3.8) is 0 Å². The Labute approximate surface area is 157 Å². The number of benzene rings is 1. The van der Waals surface area contributed by atoms with Gasteiger partial charge in [-0.25, -0.2) is 4.79 Å². The third kappa shape index (κ3) is 4.16. The molecule has 1 aromatic carbocycles. The lowest BCUT2D eigenvalue weighted by atomic mass is 10.1. The number of methoxy groups -OCH3 is 1. The predicted molar refractivity (Wildman–Crippen MR) is 101 cm³/mol. The topological polar surface area (TPSA) is 106 Å². The maximum absolute atomic E-state index is 12.9. The van der Waals surface area contributed by atoms with E-state index < -0.39 is 16.7 Å². The number of nitrogens with one attached hydrogen (secondary N) is 1. The number of carbonyl (C=O) groups is 2. The molecule has 0 atom stereocenters. The fourth-order valence-corrected chi connectivity index (χ4v) is 3.06. The molecule has 1 heterocycles. The van der Waals surface area contributed by atoms with Crippen LogP contribution in [-0.4, -0.2) is 40.9 Å². The molecular weight excluding hydrogens is 350 g/mol. The standard InChI is InChI=1S/C19H23N3O5/c1-11(2)21(12(3)4)16-10-15(19(24)27-5)17(20-16)18(23)13-6-8-14(9-7-13)22(25)26/h6-12,20H,1-5H3. The Morgan fingerprint density at radius 1 is 1.11 bits per heavy atom. The molecule has 0 saturated heterocycles. The number of anilines is 1. The number of non-ortho nitro benzene ring substituents is 1. The summed E-state index contributed by atoms with van der Waals surface area (Å²) in [6.45, 7) is 8.04. The zero-order chi connectivity index (χ0) is 20.3. The molecule has 8 heteroatoms. The molecule has 144 valence electrons. The van der Waals surface area contributed by atoms with Crippen LogP contribution in [0.3, 0.4) is 0 Å². The molecule has 8 nitrogen and oxygen atoms in total. The number of hydrogen-bond donors (Lipinski definition) is 1. The molecule has 0 aliphatic heterocycles. The number of esters is 1. The first-order valence-corrected chi connectivity index (χ1v) is 8.56. The van der Waals surface area contributed by atoms with Crippen molar-refractivity contribution in [3.8, 4) is 0 Å². The fraction of sp³-hybridized carbons (Fsp3) is 0.368. The van der Waals surface area contributed by atoms with Gasteiger partial charge in [-0.1, -0.05) is 0 Å². The Kier molecular flexibility index (Phi) is 5.99. The van der Waals surface area contributed by atoms with E-state index in [2.05, 4.69) is 4.98 Å². The third-order valence-corrected chi connectivity index (χ3v) is 4.17. The molecule has 2 rings (SSSR count). The number of nitrogens with zero attached hydrogens (tertiary/aromatic N) is 2. The van der Waals surface area contributed by atoms with Crippen molar-refractivity contribution in [1.29, 1.82) is 0 Å². The highest BCUT2D eigenvalue weighted by Gasteiger charge is 2.26. The molecule has 0 saturated carbocycles. The van der Waals surface area contributed by atoms with Gasteiger partial charge in [0.25, 0.3) is 5.69 Å². The Hall–Kier alpha value is -3.16. The van der Waals surface area contributed by atoms with Gasteiger partial charge in [0.1, 0.15) is 11.5 Å². The van der Waals surface area contributed by atoms with Gasteiger partial charge in [-0.15, -0.1) is 0 Å².